The van der Waals surface area contributed by atoms with Gasteiger partial charge in [0.1, 0.15) is 22.8 Å². The number of hydrogen-bond acceptors (Lipinski definition) is 10. The number of aliphatic hydroxyl groups is 3. The number of nitrogens with two attached hydrogens (primary N) is 1. The fourth-order valence-electron chi connectivity index (χ4n) is 6.78. The lowest BCUT2D eigenvalue weighted by atomic mass is 9.57. The van der Waals surface area contributed by atoms with Gasteiger partial charge in [-0.3, -0.25) is 29.1 Å². The number of ketones is 2. The molecule has 1 aromatic carbocycles. The molecule has 232 valence electrons. The zero-order chi connectivity index (χ0) is 32.5. The molecule has 0 aliphatic heterocycles. The molecular weight excluding hydrogens is 570 g/mol. The Hall–Kier alpha value is -4.59. The van der Waals surface area contributed by atoms with Crippen molar-refractivity contribution in [2.24, 2.45) is 17.6 Å². The molecule has 4 atom stereocenters. The highest BCUT2D eigenvalue weighted by Gasteiger charge is 2.64. The fourth-order valence-corrected chi connectivity index (χ4v) is 6.78. The molecule has 2 aromatic rings. The minimum atomic E-state index is -2.75. The molecule has 13 nitrogen and oxygen atoms in total. The lowest BCUT2D eigenvalue weighted by Gasteiger charge is -2.50. The normalized spacial score (nSPS) is 25.0. The summed E-state index contributed by atoms with van der Waals surface area (Å²) in [5.41, 5.74) is 2.72. The van der Waals surface area contributed by atoms with Crippen LogP contribution in [0.5, 0.6) is 5.75 Å². The van der Waals surface area contributed by atoms with E-state index in [2.05, 4.69) is 10.3 Å². The van der Waals surface area contributed by atoms with Crippen LogP contribution in [-0.4, -0.2) is 112 Å². The third-order valence-corrected chi connectivity index (χ3v) is 8.55. The molecule has 13 heteroatoms. The van der Waals surface area contributed by atoms with Gasteiger partial charge in [-0.25, -0.2) is 0 Å². The van der Waals surface area contributed by atoms with Crippen LogP contribution in [0.1, 0.15) is 17.5 Å². The second-order valence-corrected chi connectivity index (χ2v) is 12.8. The van der Waals surface area contributed by atoms with E-state index < -0.39 is 69.7 Å². The minimum Gasteiger partial charge on any atom is -0.508 e. The smallest absolute Gasteiger partial charge is 0.279 e. The Morgan fingerprint density at radius 3 is 2.41 bits per heavy atom. The van der Waals surface area contributed by atoms with Gasteiger partial charge in [0.05, 0.1) is 44.1 Å². The van der Waals surface area contributed by atoms with Crippen LogP contribution in [0.25, 0.3) is 17.0 Å². The number of carbonyl (C=O) groups excluding carboxylic acids is 4. The third kappa shape index (κ3) is 4.73. The number of nitrogens with one attached hydrogen (secondary N) is 1. The van der Waals surface area contributed by atoms with Crippen LogP contribution in [-0.2, 0) is 25.6 Å². The predicted octanol–water partition coefficient (Wildman–Crippen LogP) is 0.671. The summed E-state index contributed by atoms with van der Waals surface area (Å²) in [5.74, 6) is -7.91. The molecule has 0 saturated heterocycles. The summed E-state index contributed by atoms with van der Waals surface area (Å²) < 4.78 is 0.302. The number of nitrogens with zero attached hydrogens (tertiary/aromatic N) is 3. The topological polar surface area (TPSA) is 203 Å². The lowest BCUT2D eigenvalue weighted by Crippen LogP contribution is -2.65. The molecule has 2 amide bonds. The van der Waals surface area contributed by atoms with E-state index in [1.54, 1.807) is 44.6 Å². The quantitative estimate of drug-likeness (QED) is 0.154. The number of fused-ring (bicyclic) bond motifs is 3. The molecule has 3 aliphatic carbocycles. The Kier molecular flexibility index (Phi) is 7.39. The number of benzene rings is 1. The van der Waals surface area contributed by atoms with Crippen molar-refractivity contribution in [3.63, 3.8) is 0 Å². The van der Waals surface area contributed by atoms with Crippen LogP contribution in [0.15, 0.2) is 47.4 Å². The summed E-state index contributed by atoms with van der Waals surface area (Å²) in [5, 5.41) is 48.7. The monoisotopic (exact) mass is 606 g/mol. The van der Waals surface area contributed by atoms with E-state index in [1.165, 1.54) is 4.90 Å². The van der Waals surface area contributed by atoms with Crippen LogP contribution in [0, 0.1) is 11.8 Å². The summed E-state index contributed by atoms with van der Waals surface area (Å²) in [6.07, 6.45) is 1.61. The maximum Gasteiger partial charge on any atom is 0.279 e. The van der Waals surface area contributed by atoms with Gasteiger partial charge in [0.25, 0.3) is 11.8 Å². The van der Waals surface area contributed by atoms with Crippen molar-refractivity contribution in [2.75, 3.05) is 47.1 Å². The van der Waals surface area contributed by atoms with Gasteiger partial charge in [-0.05, 0) is 56.6 Å². The van der Waals surface area contributed by atoms with Crippen LogP contribution in [0.4, 0.5) is 5.69 Å². The second-order valence-electron chi connectivity index (χ2n) is 12.8. The Morgan fingerprint density at radius 1 is 1.16 bits per heavy atom. The highest BCUT2D eigenvalue weighted by Crippen LogP contribution is 2.54. The molecule has 1 heterocycles. The van der Waals surface area contributed by atoms with Gasteiger partial charge in [0.15, 0.2) is 17.9 Å². The molecule has 0 unspecified atom stereocenters. The molecule has 1 fully saturated rings. The maximum absolute atomic E-state index is 14.2. The van der Waals surface area contributed by atoms with Gasteiger partial charge >= 0.3 is 0 Å². The molecule has 0 radical (unpaired) electrons. The average Bonchev–Trinajstić information content (AvgIpc) is 2.91. The van der Waals surface area contributed by atoms with E-state index in [4.69, 9.17) is 5.73 Å². The van der Waals surface area contributed by atoms with E-state index in [9.17, 15) is 39.6 Å². The first-order valence-electron chi connectivity index (χ1n) is 14.0. The van der Waals surface area contributed by atoms with Crippen molar-refractivity contribution >= 4 is 34.8 Å². The zero-order valence-electron chi connectivity index (χ0n) is 25.1. The fraction of sp³-hybridized carbons (Fsp3) is 0.387. The van der Waals surface area contributed by atoms with E-state index in [1.807, 2.05) is 21.1 Å². The Morgan fingerprint density at radius 2 is 1.84 bits per heavy atom. The van der Waals surface area contributed by atoms with Crippen molar-refractivity contribution in [3.8, 4) is 17.0 Å². The van der Waals surface area contributed by atoms with E-state index >= 15 is 0 Å². The molecule has 3 aliphatic rings. The largest absolute Gasteiger partial charge is 0.508 e. The number of amides is 2. The molecule has 7 N–H and O–H groups in total. The molecule has 1 aromatic heterocycles. The summed E-state index contributed by atoms with van der Waals surface area (Å²) in [4.78, 5) is 58.5. The third-order valence-electron chi connectivity index (χ3n) is 8.55. The minimum absolute atomic E-state index is 0.0250. The molecule has 0 bridgehead atoms. The van der Waals surface area contributed by atoms with Crippen molar-refractivity contribution in [1.82, 2.24) is 9.88 Å². The number of aromatic hydroxyl groups is 1. The standard InChI is InChI=1S/C31H35N5O8/c1-35(2)24-17-11-14-10-16-15(18-8-6-7-9-33-18)12-19(34-20(37)13-36(3,4)5)25(38)22(16)26(39)21(14)28(41)31(17,44)29(42)23(27(24)40)30(32)43/h6-9,12,14,17,24,44H,10-11,13H2,1-5H3,(H5-,32,33,34,37,38,39,40,41,42,43)/p+1/t14-,17-,24-,31-/m0/s1. The number of quaternary nitrogens is 1. The van der Waals surface area contributed by atoms with Crippen LogP contribution in [0.2, 0.25) is 0 Å². The van der Waals surface area contributed by atoms with Gasteiger partial charge in [-0.15, -0.1) is 0 Å². The molecule has 1 saturated carbocycles. The molecule has 5 rings (SSSR count). The summed E-state index contributed by atoms with van der Waals surface area (Å²) >= 11 is 0. The number of carbonyl (C=O) groups is 4. The van der Waals surface area contributed by atoms with E-state index in [0.29, 0.717) is 21.3 Å². The highest BCUT2D eigenvalue weighted by molar-refractivity contribution is 6.24. The molecule has 0 spiro atoms. The number of Topliss-reactive ketones (excluding diaryl/α,β-unsaturated/α-hetero) is 2. The number of hydrogen-bond donors (Lipinski definition) is 6. The number of anilines is 1. The van der Waals surface area contributed by atoms with Gasteiger partial charge < -0.3 is 36.0 Å². The van der Waals surface area contributed by atoms with Crippen LogP contribution < -0.4 is 11.1 Å². The predicted molar refractivity (Wildman–Crippen MR) is 159 cm³/mol. The van der Waals surface area contributed by atoms with Gasteiger partial charge in [0.2, 0.25) is 5.78 Å². The SMILES string of the molecule is CN(C)[C@@H]1C(=O)C(C(N)=O)=C(O)[C@@]2(O)C(=O)C3=C(O)c4c(O)c(NC(=O)C[N+](C)(C)C)cc(-c5ccccn5)c4C[C@H]3C[C@@H]12. The van der Waals surface area contributed by atoms with Crippen molar-refractivity contribution < 1.29 is 44.1 Å². The van der Waals surface area contributed by atoms with Gasteiger partial charge in [-0.1, -0.05) is 6.07 Å². The number of phenols is 1. The zero-order valence-corrected chi connectivity index (χ0v) is 25.1. The second kappa shape index (κ2) is 10.5. The van der Waals surface area contributed by atoms with Crippen molar-refractivity contribution in [2.45, 2.75) is 24.5 Å². The number of phenolic OH excluding ortho intramolecular Hbond substituents is 1. The Bertz CT molecular complexity index is 1670. The van der Waals surface area contributed by atoms with E-state index in [-0.39, 0.29) is 36.2 Å². The lowest BCUT2D eigenvalue weighted by molar-refractivity contribution is -0.861. The molecule has 44 heavy (non-hydrogen) atoms. The van der Waals surface area contributed by atoms with Crippen LogP contribution >= 0.6 is 0 Å². The number of primary amides is 1. The van der Waals surface area contributed by atoms with Crippen LogP contribution in [0.3, 0.4) is 0 Å². The average molecular weight is 607 g/mol. The summed E-state index contributed by atoms with van der Waals surface area (Å²) in [6, 6.07) is 5.57. The summed E-state index contributed by atoms with van der Waals surface area (Å²) in [6.45, 7) is 0.0665. The first kappa shape index (κ1) is 30.9. The first-order valence-corrected chi connectivity index (χ1v) is 14.0. The van der Waals surface area contributed by atoms with Crippen molar-refractivity contribution in [1.29, 1.82) is 0 Å². The van der Waals surface area contributed by atoms with E-state index in [0.717, 1.165) is 0 Å². The van der Waals surface area contributed by atoms with Gasteiger partial charge in [-0.2, -0.15) is 0 Å². The number of likely N-dealkylation sites (N-methyl/N-ethyl adjacent to an activating group) is 2. The molecular formula is C31H36N5O8+. The van der Waals surface area contributed by atoms with Gasteiger partial charge in [0, 0.05) is 23.3 Å². The number of aliphatic hydroxyl groups excluding tert-OH is 2. The maximum atomic E-state index is 14.2. The number of aromatic nitrogens is 1. The Balaban J connectivity index is 1.74. The van der Waals surface area contributed by atoms with Crippen molar-refractivity contribution in [3.05, 3.63) is 58.5 Å². The number of rotatable bonds is 6. The first-order chi connectivity index (χ1) is 20.5. The summed E-state index contributed by atoms with van der Waals surface area (Å²) in [7, 11) is 8.55. The highest BCUT2D eigenvalue weighted by atomic mass is 16.3. The number of pyridine rings is 1. The Labute approximate surface area is 253 Å².